The zero-order chi connectivity index (χ0) is 10.2. The molecular weight excluding hydrogens is 194 g/mol. The summed E-state index contributed by atoms with van der Waals surface area (Å²) in [6, 6.07) is 2.00. The Labute approximate surface area is 89.2 Å². The lowest BCUT2D eigenvalue weighted by atomic mass is 9.84. The van der Waals surface area contributed by atoms with Crippen LogP contribution >= 0.6 is 11.3 Å². The minimum atomic E-state index is -0.308. The second-order valence-electron chi connectivity index (χ2n) is 4.91. The second kappa shape index (κ2) is 3.65. The van der Waals surface area contributed by atoms with Crippen molar-refractivity contribution in [2.75, 3.05) is 19.6 Å². The Kier molecular flexibility index (Phi) is 2.64. The Bertz CT molecular complexity index is 286. The molecule has 1 aliphatic heterocycles. The average Bonchev–Trinajstić information content (AvgIpc) is 2.51. The molecule has 0 saturated carbocycles. The Balaban J connectivity index is 1.82. The predicted octanol–water partition coefficient (Wildman–Crippen LogP) is 2.12. The first-order valence-corrected chi connectivity index (χ1v) is 5.94. The number of likely N-dealkylation sites (tertiary alicyclic amines) is 1. The number of aliphatic hydroxyl groups excluding tert-OH is 1. The Hall–Kier alpha value is -0.380. The molecule has 1 atom stereocenters. The van der Waals surface area contributed by atoms with Crippen LogP contribution in [0.15, 0.2) is 16.8 Å². The van der Waals surface area contributed by atoms with E-state index >= 15 is 0 Å². The number of aliphatic hydroxyl groups is 1. The maximum absolute atomic E-state index is 9.88. The molecule has 14 heavy (non-hydrogen) atoms. The van der Waals surface area contributed by atoms with Crippen LogP contribution in [0.3, 0.4) is 0 Å². The fourth-order valence-electron chi connectivity index (χ4n) is 2.11. The highest BCUT2D eigenvalue weighted by molar-refractivity contribution is 7.07. The van der Waals surface area contributed by atoms with E-state index in [0.29, 0.717) is 5.41 Å². The molecule has 2 rings (SSSR count). The molecule has 0 aliphatic carbocycles. The van der Waals surface area contributed by atoms with Crippen molar-refractivity contribution in [1.29, 1.82) is 0 Å². The van der Waals surface area contributed by atoms with Gasteiger partial charge in [-0.15, -0.1) is 0 Å². The molecule has 0 radical (unpaired) electrons. The number of rotatable bonds is 3. The number of thiophene rings is 1. The van der Waals surface area contributed by atoms with Gasteiger partial charge in [0.2, 0.25) is 0 Å². The first-order valence-electron chi connectivity index (χ1n) is 4.99. The molecule has 1 aromatic rings. The van der Waals surface area contributed by atoms with E-state index in [-0.39, 0.29) is 6.10 Å². The van der Waals surface area contributed by atoms with Gasteiger partial charge in [-0.2, -0.15) is 11.3 Å². The van der Waals surface area contributed by atoms with E-state index in [9.17, 15) is 5.11 Å². The lowest BCUT2D eigenvalue weighted by molar-refractivity contribution is -0.00554. The highest BCUT2D eigenvalue weighted by Gasteiger charge is 2.34. The molecule has 0 bridgehead atoms. The zero-order valence-corrected chi connectivity index (χ0v) is 9.55. The van der Waals surface area contributed by atoms with Gasteiger partial charge < -0.3 is 5.11 Å². The molecule has 1 unspecified atom stereocenters. The van der Waals surface area contributed by atoms with Gasteiger partial charge in [0.25, 0.3) is 0 Å². The smallest absolute Gasteiger partial charge is 0.0924 e. The third-order valence-electron chi connectivity index (χ3n) is 2.66. The van der Waals surface area contributed by atoms with Gasteiger partial charge in [-0.3, -0.25) is 4.90 Å². The van der Waals surface area contributed by atoms with Gasteiger partial charge in [0.15, 0.2) is 0 Å². The Morgan fingerprint density at radius 2 is 2.29 bits per heavy atom. The first-order chi connectivity index (χ1) is 6.57. The van der Waals surface area contributed by atoms with Crippen molar-refractivity contribution in [3.05, 3.63) is 22.4 Å². The van der Waals surface area contributed by atoms with Crippen LogP contribution in [0.4, 0.5) is 0 Å². The molecule has 1 fully saturated rings. The minimum absolute atomic E-state index is 0.308. The van der Waals surface area contributed by atoms with Gasteiger partial charge in [-0.05, 0) is 27.8 Å². The van der Waals surface area contributed by atoms with Crippen molar-refractivity contribution < 1.29 is 5.11 Å². The maximum atomic E-state index is 9.88. The Morgan fingerprint density at radius 3 is 2.79 bits per heavy atom. The first kappa shape index (κ1) is 10.1. The van der Waals surface area contributed by atoms with Crippen LogP contribution in [0, 0.1) is 5.41 Å². The van der Waals surface area contributed by atoms with Crippen molar-refractivity contribution in [2.24, 2.45) is 5.41 Å². The van der Waals surface area contributed by atoms with Gasteiger partial charge in [-0.1, -0.05) is 13.8 Å². The normalized spacial score (nSPS) is 23.1. The molecule has 2 nitrogen and oxygen atoms in total. The Morgan fingerprint density at radius 1 is 1.57 bits per heavy atom. The van der Waals surface area contributed by atoms with Crippen molar-refractivity contribution >= 4 is 11.3 Å². The lowest BCUT2D eigenvalue weighted by Gasteiger charge is -2.46. The van der Waals surface area contributed by atoms with E-state index in [1.54, 1.807) is 11.3 Å². The summed E-state index contributed by atoms with van der Waals surface area (Å²) in [6.07, 6.45) is -0.308. The molecule has 1 aliphatic rings. The summed E-state index contributed by atoms with van der Waals surface area (Å²) in [7, 11) is 0. The lowest BCUT2D eigenvalue weighted by Crippen LogP contribution is -2.53. The summed E-state index contributed by atoms with van der Waals surface area (Å²) in [4.78, 5) is 2.31. The van der Waals surface area contributed by atoms with Crippen LogP contribution in [0.2, 0.25) is 0 Å². The monoisotopic (exact) mass is 211 g/mol. The van der Waals surface area contributed by atoms with Crippen molar-refractivity contribution in [3.8, 4) is 0 Å². The second-order valence-corrected chi connectivity index (χ2v) is 5.69. The highest BCUT2D eigenvalue weighted by Crippen LogP contribution is 2.30. The summed E-state index contributed by atoms with van der Waals surface area (Å²) >= 11 is 1.64. The quantitative estimate of drug-likeness (QED) is 0.828. The molecule has 2 heterocycles. The van der Waals surface area contributed by atoms with Crippen LogP contribution in [0.5, 0.6) is 0 Å². The largest absolute Gasteiger partial charge is 0.387 e. The van der Waals surface area contributed by atoms with Crippen LogP contribution in [-0.2, 0) is 0 Å². The van der Waals surface area contributed by atoms with E-state index < -0.39 is 0 Å². The molecule has 0 amide bonds. The molecular formula is C11H17NOS. The van der Waals surface area contributed by atoms with Crippen molar-refractivity contribution in [2.45, 2.75) is 20.0 Å². The third kappa shape index (κ3) is 2.16. The van der Waals surface area contributed by atoms with Crippen LogP contribution in [0.25, 0.3) is 0 Å². The van der Waals surface area contributed by atoms with E-state index in [2.05, 4.69) is 18.7 Å². The minimum Gasteiger partial charge on any atom is -0.387 e. The van der Waals surface area contributed by atoms with Crippen LogP contribution in [-0.4, -0.2) is 29.6 Å². The number of nitrogens with zero attached hydrogens (tertiary/aromatic N) is 1. The van der Waals surface area contributed by atoms with Crippen LogP contribution in [0.1, 0.15) is 25.5 Å². The zero-order valence-electron chi connectivity index (χ0n) is 8.73. The molecule has 0 aromatic carbocycles. The predicted molar refractivity (Wildman–Crippen MR) is 59.5 cm³/mol. The molecule has 0 spiro atoms. The van der Waals surface area contributed by atoms with Crippen molar-refractivity contribution in [1.82, 2.24) is 4.90 Å². The summed E-state index contributed by atoms with van der Waals surface area (Å²) in [5.41, 5.74) is 1.51. The van der Waals surface area contributed by atoms with Crippen molar-refractivity contribution in [3.63, 3.8) is 0 Å². The van der Waals surface area contributed by atoms with E-state index in [1.165, 1.54) is 0 Å². The van der Waals surface area contributed by atoms with E-state index in [4.69, 9.17) is 0 Å². The molecule has 1 aromatic heterocycles. The average molecular weight is 211 g/mol. The van der Waals surface area contributed by atoms with E-state index in [1.807, 2.05) is 16.8 Å². The summed E-state index contributed by atoms with van der Waals surface area (Å²) in [6.45, 7) is 7.52. The SMILES string of the molecule is CC1(C)CN(CC(O)c2ccsc2)C1. The maximum Gasteiger partial charge on any atom is 0.0924 e. The molecule has 3 heteroatoms. The molecule has 1 saturated heterocycles. The van der Waals surface area contributed by atoms with Gasteiger partial charge in [0.05, 0.1) is 6.10 Å². The fraction of sp³-hybridized carbons (Fsp3) is 0.636. The summed E-state index contributed by atoms with van der Waals surface area (Å²) < 4.78 is 0. The number of hydrogen-bond acceptors (Lipinski definition) is 3. The summed E-state index contributed by atoms with van der Waals surface area (Å²) in [5, 5.41) is 13.9. The van der Waals surface area contributed by atoms with Gasteiger partial charge in [0.1, 0.15) is 0 Å². The summed E-state index contributed by atoms with van der Waals surface area (Å²) in [5.74, 6) is 0. The van der Waals surface area contributed by atoms with Gasteiger partial charge in [0, 0.05) is 19.6 Å². The van der Waals surface area contributed by atoms with Gasteiger partial charge in [-0.25, -0.2) is 0 Å². The highest BCUT2D eigenvalue weighted by atomic mass is 32.1. The third-order valence-corrected chi connectivity index (χ3v) is 3.36. The molecule has 1 N–H and O–H groups in total. The number of hydrogen-bond donors (Lipinski definition) is 1. The van der Waals surface area contributed by atoms with Crippen LogP contribution < -0.4 is 0 Å². The topological polar surface area (TPSA) is 23.5 Å². The van der Waals surface area contributed by atoms with E-state index in [0.717, 1.165) is 25.2 Å². The van der Waals surface area contributed by atoms with Gasteiger partial charge >= 0.3 is 0 Å². The standard InChI is InChI=1S/C11H17NOS/c1-11(2)7-12(8-11)5-10(13)9-3-4-14-6-9/h3-4,6,10,13H,5,7-8H2,1-2H3. The fourth-order valence-corrected chi connectivity index (χ4v) is 2.82. The molecule has 78 valence electrons. The number of β-amino-alcohol motifs (C(OH)–C–C–N with tert-alkyl or cyclic N) is 1.